The lowest BCUT2D eigenvalue weighted by Crippen LogP contribution is -2.35. The molecular weight excluding hydrogens is 444 g/mol. The Bertz CT molecular complexity index is 442. The number of hydrogen-bond donors (Lipinski definition) is 1. The highest BCUT2D eigenvalue weighted by Gasteiger charge is 2.22. The fourth-order valence-corrected chi connectivity index (χ4v) is 3.84. The fourth-order valence-electron chi connectivity index (χ4n) is 2.00. The summed E-state index contributed by atoms with van der Waals surface area (Å²) in [5.74, 6) is 0.0696. The molecule has 0 aliphatic carbocycles. The van der Waals surface area contributed by atoms with Gasteiger partial charge < -0.3 is 10.0 Å². The summed E-state index contributed by atoms with van der Waals surface area (Å²) in [6, 6.07) is 3.62. The number of likely N-dealkylation sites (tertiary alicyclic amines) is 1. The van der Waals surface area contributed by atoms with Crippen LogP contribution in [0.15, 0.2) is 12.1 Å². The molecule has 1 fully saturated rings. The molecule has 0 aromatic heterocycles. The first kappa shape index (κ1) is 13.4. The maximum atomic E-state index is 12.3. The Morgan fingerprint density at radius 3 is 2.47 bits per heavy atom. The van der Waals surface area contributed by atoms with E-state index in [-0.39, 0.29) is 11.7 Å². The van der Waals surface area contributed by atoms with Gasteiger partial charge in [-0.25, -0.2) is 0 Å². The number of amides is 1. The molecule has 92 valence electrons. The summed E-state index contributed by atoms with van der Waals surface area (Å²) in [6.45, 7) is 1.61. The predicted molar refractivity (Wildman–Crippen MR) is 83.3 cm³/mol. The van der Waals surface area contributed by atoms with Crippen LogP contribution in [-0.4, -0.2) is 29.0 Å². The fraction of sp³-hybridized carbons (Fsp3) is 0.417. The predicted octanol–water partition coefficient (Wildman–Crippen LogP) is 3.23. The van der Waals surface area contributed by atoms with Crippen LogP contribution in [0.3, 0.4) is 0 Å². The van der Waals surface area contributed by atoms with E-state index in [4.69, 9.17) is 0 Å². The van der Waals surface area contributed by atoms with E-state index in [1.54, 1.807) is 6.07 Å². The normalized spacial score (nSPS) is 16.0. The molecule has 5 heteroatoms. The number of carbonyl (C=O) groups is 1. The molecule has 0 atom stereocenters. The Balaban J connectivity index is 2.29. The van der Waals surface area contributed by atoms with Crippen molar-refractivity contribution in [1.29, 1.82) is 0 Å². The minimum atomic E-state index is -0.0429. The molecular formula is C12H13I2NO2. The summed E-state index contributed by atoms with van der Waals surface area (Å²) in [5, 5.41) is 9.96. The second-order valence-corrected chi connectivity index (χ2v) is 6.54. The van der Waals surface area contributed by atoms with Gasteiger partial charge in [-0.2, -0.15) is 0 Å². The highest BCUT2D eigenvalue weighted by Crippen LogP contribution is 2.28. The van der Waals surface area contributed by atoms with E-state index >= 15 is 0 Å². The van der Waals surface area contributed by atoms with Gasteiger partial charge in [0.1, 0.15) is 5.75 Å². The highest BCUT2D eigenvalue weighted by molar-refractivity contribution is 14.1. The van der Waals surface area contributed by atoms with Gasteiger partial charge in [-0.15, -0.1) is 0 Å². The maximum absolute atomic E-state index is 12.3. The second kappa shape index (κ2) is 5.73. The zero-order valence-corrected chi connectivity index (χ0v) is 13.6. The number of phenols is 1. The van der Waals surface area contributed by atoms with Gasteiger partial charge in [-0.1, -0.05) is 0 Å². The van der Waals surface area contributed by atoms with Gasteiger partial charge in [0, 0.05) is 16.7 Å². The lowest BCUT2D eigenvalue weighted by atomic mass is 10.1. The van der Waals surface area contributed by atoms with Gasteiger partial charge in [0.15, 0.2) is 0 Å². The summed E-state index contributed by atoms with van der Waals surface area (Å²) in [4.78, 5) is 14.1. The van der Waals surface area contributed by atoms with Gasteiger partial charge >= 0.3 is 0 Å². The molecule has 2 rings (SSSR count). The van der Waals surface area contributed by atoms with Crippen molar-refractivity contribution in [3.05, 3.63) is 24.8 Å². The smallest absolute Gasteiger partial charge is 0.257 e. The molecule has 0 spiro atoms. The van der Waals surface area contributed by atoms with Crippen LogP contribution < -0.4 is 0 Å². The van der Waals surface area contributed by atoms with E-state index in [2.05, 4.69) is 45.2 Å². The van der Waals surface area contributed by atoms with Crippen LogP contribution in [-0.2, 0) is 0 Å². The molecule has 1 aliphatic heterocycles. The lowest BCUT2D eigenvalue weighted by molar-refractivity contribution is 0.0721. The Kier molecular flexibility index (Phi) is 4.51. The van der Waals surface area contributed by atoms with Crippen molar-refractivity contribution >= 4 is 51.1 Å². The number of carbonyl (C=O) groups excluding carboxylic acids is 1. The van der Waals surface area contributed by atoms with Crippen molar-refractivity contribution in [3.8, 4) is 5.75 Å². The van der Waals surface area contributed by atoms with E-state index in [1.165, 1.54) is 6.42 Å². The van der Waals surface area contributed by atoms with Gasteiger partial charge in [-0.3, -0.25) is 4.79 Å². The SMILES string of the molecule is O=C(c1cc(I)cc(I)c1O)N1CCCCC1. The van der Waals surface area contributed by atoms with Crippen molar-refractivity contribution in [2.24, 2.45) is 0 Å². The zero-order valence-electron chi connectivity index (χ0n) is 9.25. The number of benzene rings is 1. The summed E-state index contributed by atoms with van der Waals surface area (Å²) in [6.07, 6.45) is 3.32. The lowest BCUT2D eigenvalue weighted by Gasteiger charge is -2.27. The summed E-state index contributed by atoms with van der Waals surface area (Å²) in [5.41, 5.74) is 0.434. The number of piperidine rings is 1. The molecule has 1 amide bonds. The van der Waals surface area contributed by atoms with Crippen LogP contribution in [0.1, 0.15) is 29.6 Å². The molecule has 1 aliphatic rings. The molecule has 0 radical (unpaired) electrons. The first-order chi connectivity index (χ1) is 8.09. The number of halogens is 2. The molecule has 17 heavy (non-hydrogen) atoms. The van der Waals surface area contributed by atoms with E-state index in [0.717, 1.165) is 33.1 Å². The van der Waals surface area contributed by atoms with Crippen molar-refractivity contribution in [2.75, 3.05) is 13.1 Å². The minimum absolute atomic E-state index is 0.0429. The third-order valence-electron chi connectivity index (χ3n) is 2.90. The van der Waals surface area contributed by atoms with E-state index in [0.29, 0.717) is 5.56 Å². The Labute approximate surface area is 128 Å². The largest absolute Gasteiger partial charge is 0.506 e. The van der Waals surface area contributed by atoms with Gasteiger partial charge in [0.25, 0.3) is 5.91 Å². The number of hydrogen-bond acceptors (Lipinski definition) is 2. The summed E-state index contributed by atoms with van der Waals surface area (Å²) < 4.78 is 1.71. The zero-order chi connectivity index (χ0) is 12.4. The van der Waals surface area contributed by atoms with Crippen molar-refractivity contribution < 1.29 is 9.90 Å². The monoisotopic (exact) mass is 457 g/mol. The van der Waals surface area contributed by atoms with Gasteiger partial charge in [0.2, 0.25) is 0 Å². The molecule has 3 nitrogen and oxygen atoms in total. The van der Waals surface area contributed by atoms with Crippen molar-refractivity contribution in [2.45, 2.75) is 19.3 Å². The maximum Gasteiger partial charge on any atom is 0.257 e. The summed E-state index contributed by atoms with van der Waals surface area (Å²) >= 11 is 4.22. The van der Waals surface area contributed by atoms with Crippen LogP contribution >= 0.6 is 45.2 Å². The molecule has 0 unspecified atom stereocenters. The summed E-state index contributed by atoms with van der Waals surface area (Å²) in [7, 11) is 0. The minimum Gasteiger partial charge on any atom is -0.506 e. The van der Waals surface area contributed by atoms with Crippen LogP contribution in [0.2, 0.25) is 0 Å². The van der Waals surface area contributed by atoms with E-state index < -0.39 is 0 Å². The van der Waals surface area contributed by atoms with Crippen LogP contribution in [0, 0.1) is 7.14 Å². The number of nitrogens with zero attached hydrogens (tertiary/aromatic N) is 1. The molecule has 0 saturated carbocycles. The van der Waals surface area contributed by atoms with E-state index in [1.807, 2.05) is 11.0 Å². The highest BCUT2D eigenvalue weighted by atomic mass is 127. The molecule has 1 N–H and O–H groups in total. The number of rotatable bonds is 1. The Morgan fingerprint density at radius 2 is 1.82 bits per heavy atom. The quantitative estimate of drug-likeness (QED) is 0.659. The topological polar surface area (TPSA) is 40.5 Å². The van der Waals surface area contributed by atoms with Gasteiger partial charge in [0.05, 0.1) is 9.13 Å². The number of phenolic OH excluding ortho intramolecular Hbond substituents is 1. The molecule has 1 saturated heterocycles. The molecule has 1 heterocycles. The molecule has 1 aromatic rings. The van der Waals surface area contributed by atoms with E-state index in [9.17, 15) is 9.90 Å². The first-order valence-corrected chi connectivity index (χ1v) is 7.72. The van der Waals surface area contributed by atoms with Crippen LogP contribution in [0.4, 0.5) is 0 Å². The Morgan fingerprint density at radius 1 is 1.18 bits per heavy atom. The van der Waals surface area contributed by atoms with Crippen LogP contribution in [0.5, 0.6) is 5.75 Å². The first-order valence-electron chi connectivity index (χ1n) is 5.57. The van der Waals surface area contributed by atoms with Crippen molar-refractivity contribution in [3.63, 3.8) is 0 Å². The standard InChI is InChI=1S/C12H13I2NO2/c13-8-6-9(11(16)10(14)7-8)12(17)15-4-2-1-3-5-15/h6-7,16H,1-5H2. The molecule has 0 bridgehead atoms. The van der Waals surface area contributed by atoms with Crippen molar-refractivity contribution in [1.82, 2.24) is 4.90 Å². The third-order valence-corrected chi connectivity index (χ3v) is 4.35. The second-order valence-electron chi connectivity index (χ2n) is 4.14. The van der Waals surface area contributed by atoms with Gasteiger partial charge in [-0.05, 0) is 76.6 Å². The Hall–Kier alpha value is -0.0500. The van der Waals surface area contributed by atoms with Crippen LogP contribution in [0.25, 0.3) is 0 Å². The average molecular weight is 457 g/mol. The molecule has 1 aromatic carbocycles. The average Bonchev–Trinajstić information content (AvgIpc) is 2.34. The number of aromatic hydroxyl groups is 1. The third kappa shape index (κ3) is 3.04.